The standard InChI is InChI=1S/C19H15FN2O3S2/c1-3-11-22-16-10-7-14(20)12-17(16)26-19(22)21-18(23)13-5-8-15(9-6-13)27(24,25)4-2/h1,5-10,12H,4,11H2,2H3. The van der Waals surface area contributed by atoms with Crippen LogP contribution in [-0.2, 0) is 16.4 Å². The summed E-state index contributed by atoms with van der Waals surface area (Å²) in [6, 6.07) is 9.89. The van der Waals surface area contributed by atoms with E-state index in [-0.39, 0.29) is 28.6 Å². The summed E-state index contributed by atoms with van der Waals surface area (Å²) in [7, 11) is -3.34. The Bertz CT molecular complexity index is 1230. The van der Waals surface area contributed by atoms with Gasteiger partial charge in [0, 0.05) is 5.56 Å². The van der Waals surface area contributed by atoms with Gasteiger partial charge in [0.05, 0.1) is 27.4 Å². The number of thiazole rings is 1. The third-order valence-corrected chi connectivity index (χ3v) is 6.72. The number of hydrogen-bond acceptors (Lipinski definition) is 4. The Balaban J connectivity index is 2.05. The van der Waals surface area contributed by atoms with Crippen LogP contribution in [0, 0.1) is 18.2 Å². The summed E-state index contributed by atoms with van der Waals surface area (Å²) in [4.78, 5) is 17.1. The molecule has 1 amide bonds. The van der Waals surface area contributed by atoms with Gasteiger partial charge in [0.2, 0.25) is 0 Å². The summed E-state index contributed by atoms with van der Waals surface area (Å²) in [5, 5.41) is 0. The Hall–Kier alpha value is -2.76. The quantitative estimate of drug-likeness (QED) is 0.630. The molecule has 0 aliphatic heterocycles. The first kappa shape index (κ1) is 19.0. The number of aromatic nitrogens is 1. The summed E-state index contributed by atoms with van der Waals surface area (Å²) in [5.74, 6) is 1.56. The minimum Gasteiger partial charge on any atom is -0.305 e. The van der Waals surface area contributed by atoms with E-state index >= 15 is 0 Å². The number of halogens is 1. The smallest absolute Gasteiger partial charge is 0.279 e. The zero-order valence-electron chi connectivity index (χ0n) is 14.3. The molecule has 1 aromatic heterocycles. The molecule has 0 fully saturated rings. The molecule has 0 bridgehead atoms. The Morgan fingerprint density at radius 1 is 1.26 bits per heavy atom. The Labute approximate surface area is 159 Å². The van der Waals surface area contributed by atoms with Gasteiger partial charge in [0.15, 0.2) is 14.6 Å². The molecule has 2 aromatic carbocycles. The van der Waals surface area contributed by atoms with Crippen LogP contribution in [0.3, 0.4) is 0 Å². The Morgan fingerprint density at radius 3 is 2.59 bits per heavy atom. The van der Waals surface area contributed by atoms with Crippen LogP contribution in [0.5, 0.6) is 0 Å². The molecule has 3 aromatic rings. The van der Waals surface area contributed by atoms with Crippen molar-refractivity contribution in [3.63, 3.8) is 0 Å². The molecule has 1 heterocycles. The number of carbonyl (C=O) groups is 1. The van der Waals surface area contributed by atoms with E-state index in [0.717, 1.165) is 11.3 Å². The van der Waals surface area contributed by atoms with E-state index in [0.29, 0.717) is 15.0 Å². The zero-order chi connectivity index (χ0) is 19.6. The lowest BCUT2D eigenvalue weighted by Gasteiger charge is -2.02. The average molecular weight is 402 g/mol. The van der Waals surface area contributed by atoms with Crippen LogP contribution in [0.2, 0.25) is 0 Å². The van der Waals surface area contributed by atoms with E-state index < -0.39 is 15.7 Å². The van der Waals surface area contributed by atoms with Gasteiger partial charge < -0.3 is 4.57 Å². The van der Waals surface area contributed by atoms with E-state index in [1.165, 1.54) is 36.4 Å². The van der Waals surface area contributed by atoms with Crippen molar-refractivity contribution >= 4 is 37.3 Å². The van der Waals surface area contributed by atoms with E-state index in [1.807, 2.05) is 0 Å². The largest absolute Gasteiger partial charge is 0.305 e. The van der Waals surface area contributed by atoms with Crippen molar-refractivity contribution in [2.45, 2.75) is 18.4 Å². The molecular formula is C19H15FN2O3S2. The molecule has 0 aliphatic rings. The van der Waals surface area contributed by atoms with Crippen LogP contribution in [0.25, 0.3) is 10.2 Å². The van der Waals surface area contributed by atoms with Crippen molar-refractivity contribution in [2.75, 3.05) is 5.75 Å². The highest BCUT2D eigenvalue weighted by Gasteiger charge is 2.13. The lowest BCUT2D eigenvalue weighted by Crippen LogP contribution is -2.16. The van der Waals surface area contributed by atoms with Crippen LogP contribution in [0.4, 0.5) is 4.39 Å². The van der Waals surface area contributed by atoms with Gasteiger partial charge in [-0.15, -0.1) is 6.42 Å². The summed E-state index contributed by atoms with van der Waals surface area (Å²) < 4.78 is 39.5. The zero-order valence-corrected chi connectivity index (χ0v) is 16.0. The molecule has 0 saturated carbocycles. The first-order valence-corrected chi connectivity index (χ1v) is 10.5. The molecule has 5 nitrogen and oxygen atoms in total. The molecule has 0 N–H and O–H groups in total. The minimum atomic E-state index is -3.34. The fourth-order valence-corrected chi connectivity index (χ4v) is 4.44. The Morgan fingerprint density at radius 2 is 1.96 bits per heavy atom. The van der Waals surface area contributed by atoms with Crippen molar-refractivity contribution in [1.82, 2.24) is 4.57 Å². The normalized spacial score (nSPS) is 12.3. The molecule has 0 spiro atoms. The van der Waals surface area contributed by atoms with Crippen molar-refractivity contribution < 1.29 is 17.6 Å². The highest BCUT2D eigenvalue weighted by Crippen LogP contribution is 2.19. The molecule has 138 valence electrons. The van der Waals surface area contributed by atoms with Gasteiger partial charge in [0.1, 0.15) is 5.82 Å². The first-order valence-electron chi connectivity index (χ1n) is 8.00. The fourth-order valence-electron chi connectivity index (χ4n) is 2.50. The van der Waals surface area contributed by atoms with Crippen LogP contribution < -0.4 is 4.80 Å². The summed E-state index contributed by atoms with van der Waals surface area (Å²) >= 11 is 1.16. The van der Waals surface area contributed by atoms with Gasteiger partial charge in [-0.3, -0.25) is 4.79 Å². The van der Waals surface area contributed by atoms with Gasteiger partial charge in [-0.1, -0.05) is 24.2 Å². The van der Waals surface area contributed by atoms with Crippen molar-refractivity contribution in [3.05, 3.63) is 58.6 Å². The van der Waals surface area contributed by atoms with Crippen molar-refractivity contribution in [3.8, 4) is 12.3 Å². The lowest BCUT2D eigenvalue weighted by molar-refractivity contribution is 0.0998. The van der Waals surface area contributed by atoms with Gasteiger partial charge >= 0.3 is 0 Å². The highest BCUT2D eigenvalue weighted by molar-refractivity contribution is 7.91. The summed E-state index contributed by atoms with van der Waals surface area (Å²) in [5.41, 5.74) is 0.941. The number of terminal acetylenes is 1. The first-order chi connectivity index (χ1) is 12.9. The van der Waals surface area contributed by atoms with Gasteiger partial charge in [-0.05, 0) is 42.5 Å². The van der Waals surface area contributed by atoms with Crippen LogP contribution in [0.15, 0.2) is 52.4 Å². The van der Waals surface area contributed by atoms with Crippen molar-refractivity contribution in [2.24, 2.45) is 4.99 Å². The Kier molecular flexibility index (Phi) is 5.26. The molecule has 0 saturated heterocycles. The molecule has 27 heavy (non-hydrogen) atoms. The minimum absolute atomic E-state index is 0.0187. The number of amides is 1. The molecule has 0 unspecified atom stereocenters. The van der Waals surface area contributed by atoms with E-state index in [4.69, 9.17) is 6.42 Å². The fraction of sp³-hybridized carbons (Fsp3) is 0.158. The average Bonchev–Trinajstić information content (AvgIpc) is 2.98. The van der Waals surface area contributed by atoms with E-state index in [2.05, 4.69) is 10.9 Å². The number of sulfone groups is 1. The maximum atomic E-state index is 13.5. The van der Waals surface area contributed by atoms with Crippen LogP contribution >= 0.6 is 11.3 Å². The van der Waals surface area contributed by atoms with E-state index in [9.17, 15) is 17.6 Å². The summed E-state index contributed by atoms with van der Waals surface area (Å²) in [6.45, 7) is 1.74. The number of hydrogen-bond donors (Lipinski definition) is 0. The van der Waals surface area contributed by atoms with Crippen LogP contribution in [-0.4, -0.2) is 24.6 Å². The number of fused-ring (bicyclic) bond motifs is 1. The predicted molar refractivity (Wildman–Crippen MR) is 103 cm³/mol. The third-order valence-electron chi connectivity index (χ3n) is 3.93. The second kappa shape index (κ2) is 7.47. The number of rotatable bonds is 4. The van der Waals surface area contributed by atoms with Gasteiger partial charge in [-0.2, -0.15) is 4.99 Å². The second-order valence-corrected chi connectivity index (χ2v) is 8.92. The molecule has 0 radical (unpaired) electrons. The molecule has 3 rings (SSSR count). The van der Waals surface area contributed by atoms with Gasteiger partial charge in [0.25, 0.3) is 5.91 Å². The van der Waals surface area contributed by atoms with Crippen molar-refractivity contribution in [1.29, 1.82) is 0 Å². The third kappa shape index (κ3) is 3.84. The monoisotopic (exact) mass is 402 g/mol. The molecule has 0 atom stereocenters. The number of nitrogens with zero attached hydrogens (tertiary/aromatic N) is 2. The second-order valence-electron chi connectivity index (χ2n) is 5.63. The SMILES string of the molecule is C#CCn1c(=NC(=O)c2ccc(S(=O)(=O)CC)cc2)sc2cc(F)ccc21. The lowest BCUT2D eigenvalue weighted by atomic mass is 10.2. The molecule has 0 aliphatic carbocycles. The molecular weight excluding hydrogens is 387 g/mol. The predicted octanol–water partition coefficient (Wildman–Crippen LogP) is 3.01. The van der Waals surface area contributed by atoms with Crippen LogP contribution in [0.1, 0.15) is 17.3 Å². The molecule has 8 heteroatoms. The van der Waals surface area contributed by atoms with E-state index in [1.54, 1.807) is 17.6 Å². The maximum absolute atomic E-state index is 13.5. The van der Waals surface area contributed by atoms with Gasteiger partial charge in [-0.25, -0.2) is 12.8 Å². The number of carbonyl (C=O) groups excluding carboxylic acids is 1. The number of benzene rings is 2. The maximum Gasteiger partial charge on any atom is 0.279 e. The highest BCUT2D eigenvalue weighted by atomic mass is 32.2. The summed E-state index contributed by atoms with van der Waals surface area (Å²) in [6.07, 6.45) is 5.40. The topological polar surface area (TPSA) is 68.5 Å².